The van der Waals surface area contributed by atoms with E-state index in [4.69, 9.17) is 23.2 Å². The Labute approximate surface area is 270 Å². The Morgan fingerprint density at radius 3 is 2.23 bits per heavy atom. The van der Waals surface area contributed by atoms with Crippen LogP contribution in [0, 0.1) is 6.92 Å². The normalized spacial score (nSPS) is 11.9. The lowest BCUT2D eigenvalue weighted by Gasteiger charge is -2.33. The number of anilines is 1. The van der Waals surface area contributed by atoms with Gasteiger partial charge in [-0.3, -0.25) is 13.9 Å². The average Bonchev–Trinajstić information content (AvgIpc) is 2.98. The van der Waals surface area contributed by atoms with Crippen LogP contribution in [0.25, 0.3) is 0 Å². The molecule has 7 nitrogen and oxygen atoms in total. The third-order valence-electron chi connectivity index (χ3n) is 6.86. The standard InChI is InChI=1S/C32H30BrCl2N3O4S/c1-22-11-15-28(16-12-22)43(41,42)38(27-10-6-9-25(33)18-27)21-31(39)37(20-24-13-14-26(34)19-29(24)35)30(32(40)36-2)17-23-7-4-3-5-8-23/h3-16,18-19,30H,17,20-21H2,1-2H3,(H,36,40)/t30-/m0/s1. The Balaban J connectivity index is 1.81. The van der Waals surface area contributed by atoms with E-state index in [9.17, 15) is 18.0 Å². The van der Waals surface area contributed by atoms with Crippen LogP contribution in [0.4, 0.5) is 5.69 Å². The van der Waals surface area contributed by atoms with Crippen LogP contribution >= 0.6 is 39.1 Å². The highest BCUT2D eigenvalue weighted by Crippen LogP contribution is 2.28. The molecule has 11 heteroatoms. The molecule has 0 bridgehead atoms. The van der Waals surface area contributed by atoms with Gasteiger partial charge in [0.15, 0.2) is 0 Å². The van der Waals surface area contributed by atoms with Gasteiger partial charge in [-0.25, -0.2) is 8.42 Å². The molecule has 0 aliphatic carbocycles. The maximum Gasteiger partial charge on any atom is 0.264 e. The van der Waals surface area contributed by atoms with Crippen molar-refractivity contribution < 1.29 is 18.0 Å². The van der Waals surface area contributed by atoms with Crippen molar-refractivity contribution in [1.29, 1.82) is 0 Å². The van der Waals surface area contributed by atoms with Crippen LogP contribution in [0.15, 0.2) is 106 Å². The summed E-state index contributed by atoms with van der Waals surface area (Å²) in [5.74, 6) is -0.996. The number of aryl methyl sites for hydroxylation is 1. The molecule has 4 aromatic rings. The van der Waals surface area contributed by atoms with Gasteiger partial charge in [0.1, 0.15) is 12.6 Å². The number of sulfonamides is 1. The molecular formula is C32H30BrCl2N3O4S. The van der Waals surface area contributed by atoms with Crippen LogP contribution < -0.4 is 9.62 Å². The number of carbonyl (C=O) groups is 2. The van der Waals surface area contributed by atoms with Gasteiger partial charge in [0.2, 0.25) is 11.8 Å². The van der Waals surface area contributed by atoms with E-state index in [0.29, 0.717) is 20.1 Å². The van der Waals surface area contributed by atoms with Gasteiger partial charge in [0, 0.05) is 34.5 Å². The Morgan fingerprint density at radius 1 is 0.907 bits per heavy atom. The predicted molar refractivity (Wildman–Crippen MR) is 175 cm³/mol. The van der Waals surface area contributed by atoms with Gasteiger partial charge in [-0.05, 0) is 60.5 Å². The molecule has 0 saturated carbocycles. The number of hydrogen-bond donors (Lipinski definition) is 1. The van der Waals surface area contributed by atoms with Gasteiger partial charge in [-0.1, -0.05) is 99.3 Å². The van der Waals surface area contributed by atoms with Crippen molar-refractivity contribution in [2.24, 2.45) is 0 Å². The summed E-state index contributed by atoms with van der Waals surface area (Å²) in [5.41, 5.74) is 2.56. The van der Waals surface area contributed by atoms with Crippen LogP contribution in [0.2, 0.25) is 10.0 Å². The smallest absolute Gasteiger partial charge is 0.264 e. The molecule has 4 rings (SSSR count). The van der Waals surface area contributed by atoms with Gasteiger partial charge in [0.05, 0.1) is 10.6 Å². The topological polar surface area (TPSA) is 86.8 Å². The van der Waals surface area contributed by atoms with Crippen molar-refractivity contribution in [3.63, 3.8) is 0 Å². The summed E-state index contributed by atoms with van der Waals surface area (Å²) < 4.78 is 29.8. The van der Waals surface area contributed by atoms with Crippen LogP contribution in [-0.2, 0) is 32.6 Å². The van der Waals surface area contributed by atoms with Crippen LogP contribution in [0.3, 0.4) is 0 Å². The Bertz CT molecular complexity index is 1700. The monoisotopic (exact) mass is 701 g/mol. The minimum atomic E-state index is -4.19. The first-order valence-corrected chi connectivity index (χ1v) is 16.3. The fourth-order valence-electron chi connectivity index (χ4n) is 4.55. The molecule has 1 N–H and O–H groups in total. The molecular weight excluding hydrogens is 673 g/mol. The molecule has 0 radical (unpaired) electrons. The lowest BCUT2D eigenvalue weighted by atomic mass is 10.0. The fraction of sp³-hybridized carbons (Fsp3) is 0.188. The highest BCUT2D eigenvalue weighted by atomic mass is 79.9. The van der Waals surface area contributed by atoms with Crippen molar-refractivity contribution >= 4 is 66.7 Å². The first kappa shape index (κ1) is 32.5. The van der Waals surface area contributed by atoms with E-state index >= 15 is 0 Å². The predicted octanol–water partition coefficient (Wildman–Crippen LogP) is 6.65. The second kappa shape index (κ2) is 14.4. The van der Waals surface area contributed by atoms with Crippen molar-refractivity contribution in [1.82, 2.24) is 10.2 Å². The molecule has 0 aromatic heterocycles. The lowest BCUT2D eigenvalue weighted by molar-refractivity contribution is -0.139. The van der Waals surface area contributed by atoms with Crippen molar-refractivity contribution in [3.8, 4) is 0 Å². The van der Waals surface area contributed by atoms with E-state index in [2.05, 4.69) is 21.2 Å². The number of hydrogen-bond acceptors (Lipinski definition) is 4. The van der Waals surface area contributed by atoms with Gasteiger partial charge >= 0.3 is 0 Å². The zero-order valence-electron chi connectivity index (χ0n) is 23.5. The summed E-state index contributed by atoms with van der Waals surface area (Å²) in [6, 6.07) is 26.3. The zero-order chi connectivity index (χ0) is 31.1. The van der Waals surface area contributed by atoms with E-state index in [1.54, 1.807) is 54.6 Å². The summed E-state index contributed by atoms with van der Waals surface area (Å²) in [7, 11) is -2.70. The minimum Gasteiger partial charge on any atom is -0.357 e. The SMILES string of the molecule is CNC(=O)[C@H](Cc1ccccc1)N(Cc1ccc(Cl)cc1Cl)C(=O)CN(c1cccc(Br)c1)S(=O)(=O)c1ccc(C)cc1. The number of nitrogens with one attached hydrogen (secondary N) is 1. The second-order valence-corrected chi connectivity index (χ2v) is 13.5. The summed E-state index contributed by atoms with van der Waals surface area (Å²) in [6.07, 6.45) is 0.194. The largest absolute Gasteiger partial charge is 0.357 e. The number of benzene rings is 4. The molecule has 1 atom stereocenters. The first-order valence-electron chi connectivity index (χ1n) is 13.3. The van der Waals surface area contributed by atoms with Crippen molar-refractivity contribution in [2.75, 3.05) is 17.9 Å². The van der Waals surface area contributed by atoms with Gasteiger partial charge in [0.25, 0.3) is 10.0 Å². The van der Waals surface area contributed by atoms with Crippen LogP contribution in [-0.4, -0.2) is 44.8 Å². The van der Waals surface area contributed by atoms with Gasteiger partial charge < -0.3 is 10.2 Å². The summed E-state index contributed by atoms with van der Waals surface area (Å²) in [5, 5.41) is 3.40. The van der Waals surface area contributed by atoms with Crippen molar-refractivity contribution in [2.45, 2.75) is 30.8 Å². The number of likely N-dealkylation sites (N-methyl/N-ethyl adjacent to an activating group) is 1. The van der Waals surface area contributed by atoms with Crippen LogP contribution in [0.5, 0.6) is 0 Å². The molecule has 2 amide bonds. The molecule has 0 aliphatic heterocycles. The second-order valence-electron chi connectivity index (χ2n) is 9.88. The summed E-state index contributed by atoms with van der Waals surface area (Å²) in [6.45, 7) is 1.23. The Kier molecular flexibility index (Phi) is 10.9. The first-order chi connectivity index (χ1) is 20.5. The fourth-order valence-corrected chi connectivity index (χ4v) is 6.81. The third-order valence-corrected chi connectivity index (χ3v) is 9.73. The van der Waals surface area contributed by atoms with E-state index < -0.39 is 34.4 Å². The molecule has 0 saturated heterocycles. The number of carbonyl (C=O) groups excluding carboxylic acids is 2. The number of nitrogens with zero attached hydrogens (tertiary/aromatic N) is 2. The highest BCUT2D eigenvalue weighted by Gasteiger charge is 2.34. The number of amides is 2. The molecule has 0 unspecified atom stereocenters. The Morgan fingerprint density at radius 2 is 1.60 bits per heavy atom. The lowest BCUT2D eigenvalue weighted by Crippen LogP contribution is -2.53. The molecule has 0 aliphatic rings. The van der Waals surface area contributed by atoms with Crippen molar-refractivity contribution in [3.05, 3.63) is 128 Å². The molecule has 0 spiro atoms. The van der Waals surface area contributed by atoms with Gasteiger partial charge in [-0.2, -0.15) is 0 Å². The van der Waals surface area contributed by atoms with E-state index in [-0.39, 0.29) is 23.5 Å². The summed E-state index contributed by atoms with van der Waals surface area (Å²) in [4.78, 5) is 29.1. The maximum absolute atomic E-state index is 14.3. The maximum atomic E-state index is 14.3. The zero-order valence-corrected chi connectivity index (χ0v) is 27.4. The van der Waals surface area contributed by atoms with E-state index in [1.807, 2.05) is 37.3 Å². The molecule has 43 heavy (non-hydrogen) atoms. The van der Waals surface area contributed by atoms with Gasteiger partial charge in [-0.15, -0.1) is 0 Å². The van der Waals surface area contributed by atoms with E-state index in [1.165, 1.54) is 24.1 Å². The quantitative estimate of drug-likeness (QED) is 0.190. The summed E-state index contributed by atoms with van der Waals surface area (Å²) >= 11 is 16.0. The van der Waals surface area contributed by atoms with E-state index in [0.717, 1.165) is 15.4 Å². The average molecular weight is 703 g/mol. The Hall–Kier alpha value is -3.37. The molecule has 224 valence electrons. The van der Waals surface area contributed by atoms with Crippen LogP contribution in [0.1, 0.15) is 16.7 Å². The molecule has 4 aromatic carbocycles. The minimum absolute atomic E-state index is 0.0327. The molecule has 0 heterocycles. The molecule has 0 fully saturated rings. The highest BCUT2D eigenvalue weighted by molar-refractivity contribution is 9.10. The number of rotatable bonds is 11. The third kappa shape index (κ3) is 8.17. The number of halogens is 3.